The van der Waals surface area contributed by atoms with Crippen LogP contribution in [-0.4, -0.2) is 28.0 Å². The number of ether oxygens (including phenoxy) is 1. The molecule has 0 fully saturated rings. The fraction of sp³-hybridized carbons (Fsp3) is 0.133. The van der Waals surface area contributed by atoms with Gasteiger partial charge in [0.25, 0.3) is 0 Å². The number of furan rings is 1. The van der Waals surface area contributed by atoms with E-state index in [2.05, 4.69) is 0 Å². The van der Waals surface area contributed by atoms with Gasteiger partial charge in [-0.1, -0.05) is 0 Å². The monoisotopic (exact) mass is 305 g/mol. The summed E-state index contributed by atoms with van der Waals surface area (Å²) in [6.45, 7) is 1.92. The van der Waals surface area contributed by atoms with Gasteiger partial charge in [-0.3, -0.25) is 10.7 Å². The van der Waals surface area contributed by atoms with Gasteiger partial charge in [0.15, 0.2) is 0 Å². The van der Waals surface area contributed by atoms with Gasteiger partial charge in [-0.15, -0.1) is 0 Å². The fourth-order valence-corrected chi connectivity index (χ4v) is 1.80. The van der Waals surface area contributed by atoms with E-state index in [1.54, 1.807) is 6.92 Å². The van der Waals surface area contributed by atoms with E-state index in [1.165, 1.54) is 30.3 Å². The summed E-state index contributed by atoms with van der Waals surface area (Å²) in [5.41, 5.74) is 2.31. The highest BCUT2D eigenvalue weighted by Crippen LogP contribution is 2.28. The molecule has 4 N–H and O–H groups in total. The average Bonchev–Trinajstić information content (AvgIpc) is 2.94. The molecule has 0 amide bonds. The van der Waals surface area contributed by atoms with E-state index in [4.69, 9.17) is 9.15 Å². The van der Waals surface area contributed by atoms with Gasteiger partial charge in [-0.05, 0) is 31.2 Å². The molecule has 0 atom stereocenters. The van der Waals surface area contributed by atoms with Crippen molar-refractivity contribution in [1.29, 1.82) is 0 Å². The first kappa shape index (κ1) is 15.5. The molecule has 0 bridgehead atoms. The lowest BCUT2D eigenvalue weighted by Crippen LogP contribution is -2.05. The van der Waals surface area contributed by atoms with E-state index >= 15 is 0 Å². The molecule has 0 aliphatic rings. The van der Waals surface area contributed by atoms with Crippen LogP contribution in [0.2, 0.25) is 0 Å². The first-order valence-electron chi connectivity index (χ1n) is 6.46. The summed E-state index contributed by atoms with van der Waals surface area (Å²) in [5, 5.41) is 28.3. The van der Waals surface area contributed by atoms with Crippen molar-refractivity contribution < 1.29 is 29.4 Å². The highest BCUT2D eigenvalue weighted by molar-refractivity contribution is 5.87. The Bertz CT molecular complexity index is 704. The van der Waals surface area contributed by atoms with Gasteiger partial charge in [0.05, 0.1) is 12.3 Å². The van der Waals surface area contributed by atoms with E-state index in [0.29, 0.717) is 0 Å². The van der Waals surface area contributed by atoms with Crippen LogP contribution < -0.4 is 5.48 Å². The Morgan fingerprint density at radius 3 is 2.73 bits per heavy atom. The normalized spacial score (nSPS) is 11.3. The van der Waals surface area contributed by atoms with Gasteiger partial charge >= 0.3 is 5.97 Å². The molecular formula is C15H15NO6. The zero-order valence-corrected chi connectivity index (χ0v) is 11.7. The molecule has 7 nitrogen and oxygen atoms in total. The predicted octanol–water partition coefficient (Wildman–Crippen LogP) is 2.34. The number of esters is 1. The SMILES string of the molecule is CCOC(=O)c1ccc(C=C(NO)c2ccc(O)cc2O)o1. The second-order valence-electron chi connectivity index (χ2n) is 4.29. The van der Waals surface area contributed by atoms with Crippen molar-refractivity contribution in [2.45, 2.75) is 6.92 Å². The zero-order valence-electron chi connectivity index (χ0n) is 11.7. The summed E-state index contributed by atoms with van der Waals surface area (Å²) in [5.74, 6) is -0.633. The maximum atomic E-state index is 11.5. The van der Waals surface area contributed by atoms with Gasteiger partial charge in [-0.25, -0.2) is 4.79 Å². The number of nitrogens with one attached hydrogen (secondary N) is 1. The Morgan fingerprint density at radius 2 is 2.09 bits per heavy atom. The van der Waals surface area contributed by atoms with Gasteiger partial charge in [0.2, 0.25) is 5.76 Å². The number of phenolic OH excluding ortho intramolecular Hbond substituents is 2. The first-order valence-corrected chi connectivity index (χ1v) is 6.46. The minimum atomic E-state index is -0.590. The molecule has 0 aliphatic carbocycles. The minimum Gasteiger partial charge on any atom is -0.508 e. The molecule has 0 spiro atoms. The number of carbonyl (C=O) groups excluding carboxylic acids is 1. The van der Waals surface area contributed by atoms with Crippen LogP contribution in [0.15, 0.2) is 34.7 Å². The third-order valence-electron chi connectivity index (χ3n) is 2.78. The second kappa shape index (κ2) is 6.68. The molecule has 116 valence electrons. The van der Waals surface area contributed by atoms with Crippen molar-refractivity contribution in [3.8, 4) is 11.5 Å². The number of rotatable bonds is 5. The van der Waals surface area contributed by atoms with Gasteiger partial charge in [0, 0.05) is 17.7 Å². The summed E-state index contributed by atoms with van der Waals surface area (Å²) in [6.07, 6.45) is 1.38. The summed E-state index contributed by atoms with van der Waals surface area (Å²) in [7, 11) is 0. The van der Waals surface area contributed by atoms with Gasteiger partial charge in [0.1, 0.15) is 17.3 Å². The maximum Gasteiger partial charge on any atom is 0.374 e. The van der Waals surface area contributed by atoms with Gasteiger partial charge < -0.3 is 19.4 Å². The molecule has 0 aliphatic heterocycles. The number of hydrogen-bond acceptors (Lipinski definition) is 7. The van der Waals surface area contributed by atoms with Crippen molar-refractivity contribution in [2.24, 2.45) is 0 Å². The Balaban J connectivity index is 2.31. The molecule has 7 heteroatoms. The molecule has 1 heterocycles. The van der Waals surface area contributed by atoms with Crippen LogP contribution in [0.5, 0.6) is 11.5 Å². The van der Waals surface area contributed by atoms with Crippen LogP contribution in [-0.2, 0) is 4.74 Å². The van der Waals surface area contributed by atoms with E-state index in [-0.39, 0.29) is 40.9 Å². The number of hydroxylamine groups is 1. The summed E-state index contributed by atoms with van der Waals surface area (Å²) in [4.78, 5) is 11.5. The highest BCUT2D eigenvalue weighted by Gasteiger charge is 2.13. The Morgan fingerprint density at radius 1 is 1.32 bits per heavy atom. The molecule has 0 unspecified atom stereocenters. The molecule has 1 aromatic carbocycles. The molecule has 1 aromatic heterocycles. The van der Waals surface area contributed by atoms with Crippen LogP contribution in [0.1, 0.15) is 28.8 Å². The molecule has 2 rings (SSSR count). The minimum absolute atomic E-state index is 0.0281. The van der Waals surface area contributed by atoms with Crippen molar-refractivity contribution in [1.82, 2.24) is 5.48 Å². The van der Waals surface area contributed by atoms with E-state index in [1.807, 2.05) is 5.48 Å². The second-order valence-corrected chi connectivity index (χ2v) is 4.29. The van der Waals surface area contributed by atoms with E-state index < -0.39 is 5.97 Å². The Kier molecular flexibility index (Phi) is 4.70. The third kappa shape index (κ3) is 3.39. The van der Waals surface area contributed by atoms with Crippen LogP contribution in [0.3, 0.4) is 0 Å². The lowest BCUT2D eigenvalue weighted by Gasteiger charge is -2.08. The topological polar surface area (TPSA) is 112 Å². The van der Waals surface area contributed by atoms with E-state index in [0.717, 1.165) is 6.07 Å². The summed E-state index contributed by atoms with van der Waals surface area (Å²) < 4.78 is 10.1. The lowest BCUT2D eigenvalue weighted by molar-refractivity contribution is 0.0489. The molecule has 0 radical (unpaired) electrons. The van der Waals surface area contributed by atoms with E-state index in [9.17, 15) is 20.2 Å². The third-order valence-corrected chi connectivity index (χ3v) is 2.78. The molecule has 2 aromatic rings. The molecule has 22 heavy (non-hydrogen) atoms. The average molecular weight is 305 g/mol. The first-order chi connectivity index (χ1) is 10.5. The fourth-order valence-electron chi connectivity index (χ4n) is 1.80. The smallest absolute Gasteiger partial charge is 0.374 e. The lowest BCUT2D eigenvalue weighted by atomic mass is 10.1. The zero-order chi connectivity index (χ0) is 16.1. The molecular weight excluding hydrogens is 290 g/mol. The standard InChI is InChI=1S/C15H15NO6/c1-2-21-15(19)14-6-4-10(22-14)8-12(16-20)11-5-3-9(17)7-13(11)18/h3-8,16-18,20H,2H2,1H3. The highest BCUT2D eigenvalue weighted by atomic mass is 16.5. The number of phenols is 2. The maximum absolute atomic E-state index is 11.5. The van der Waals surface area contributed by atoms with Crippen LogP contribution in [0.4, 0.5) is 0 Å². The van der Waals surface area contributed by atoms with Crippen molar-refractivity contribution in [2.75, 3.05) is 6.61 Å². The predicted molar refractivity (Wildman–Crippen MR) is 77.2 cm³/mol. The summed E-state index contributed by atoms with van der Waals surface area (Å²) in [6, 6.07) is 6.85. The van der Waals surface area contributed by atoms with Crippen LogP contribution >= 0.6 is 0 Å². The molecule has 0 saturated heterocycles. The Labute approximate surface area is 126 Å². The van der Waals surface area contributed by atoms with Crippen LogP contribution in [0, 0.1) is 0 Å². The van der Waals surface area contributed by atoms with Crippen molar-refractivity contribution in [3.05, 3.63) is 47.4 Å². The largest absolute Gasteiger partial charge is 0.508 e. The Hall–Kier alpha value is -2.93. The number of benzene rings is 1. The summed E-state index contributed by atoms with van der Waals surface area (Å²) >= 11 is 0. The number of carbonyl (C=O) groups is 1. The van der Waals surface area contributed by atoms with Gasteiger partial charge in [-0.2, -0.15) is 0 Å². The number of aromatic hydroxyl groups is 2. The molecule has 0 saturated carbocycles. The van der Waals surface area contributed by atoms with Crippen LogP contribution in [0.25, 0.3) is 11.8 Å². The number of hydrogen-bond donors (Lipinski definition) is 4. The van der Waals surface area contributed by atoms with Crippen molar-refractivity contribution >= 4 is 17.7 Å². The quantitative estimate of drug-likeness (QED) is 0.495. The van der Waals surface area contributed by atoms with Crippen molar-refractivity contribution in [3.63, 3.8) is 0 Å².